The maximum Gasteiger partial charge on any atom is 0.307 e. The first-order chi connectivity index (χ1) is 17.4. The van der Waals surface area contributed by atoms with Crippen LogP contribution in [0.3, 0.4) is 0 Å². The third kappa shape index (κ3) is 6.43. The van der Waals surface area contributed by atoms with E-state index in [0.29, 0.717) is 34.5 Å². The smallest absolute Gasteiger partial charge is 0.307 e. The number of aliphatic carboxylic acids is 1. The molecule has 0 atom stereocenters. The lowest BCUT2D eigenvalue weighted by atomic mass is 10.1. The number of ether oxygens (including phenoxy) is 1. The average molecular weight is 501 g/mol. The van der Waals surface area contributed by atoms with Gasteiger partial charge in [0, 0.05) is 6.54 Å². The highest BCUT2D eigenvalue weighted by molar-refractivity contribution is 8.18. The molecule has 0 radical (unpaired) electrons. The van der Waals surface area contributed by atoms with E-state index < -0.39 is 5.97 Å². The second-order valence-corrected chi connectivity index (χ2v) is 9.33. The molecular weight excluding hydrogens is 472 g/mol. The van der Waals surface area contributed by atoms with Crippen LogP contribution < -0.4 is 4.74 Å². The molecule has 3 aromatic carbocycles. The van der Waals surface area contributed by atoms with Crippen LogP contribution in [0.4, 0.5) is 5.69 Å². The highest BCUT2D eigenvalue weighted by Gasteiger charge is 2.32. The summed E-state index contributed by atoms with van der Waals surface area (Å²) in [6.45, 7) is 5.05. The maximum atomic E-state index is 13.0. The summed E-state index contributed by atoms with van der Waals surface area (Å²) in [5.74, 6) is -0.190. The number of rotatable bonds is 9. The van der Waals surface area contributed by atoms with Crippen molar-refractivity contribution in [2.45, 2.75) is 33.3 Å². The van der Waals surface area contributed by atoms with E-state index >= 15 is 0 Å². The molecule has 0 unspecified atom stereocenters. The second kappa shape index (κ2) is 11.7. The molecule has 7 heteroatoms. The zero-order valence-corrected chi connectivity index (χ0v) is 21.1. The quantitative estimate of drug-likeness (QED) is 0.360. The minimum Gasteiger partial charge on any atom is -0.489 e. The number of amidine groups is 1. The number of carbonyl (C=O) groups is 2. The van der Waals surface area contributed by atoms with Gasteiger partial charge in [-0.1, -0.05) is 55.5 Å². The zero-order chi connectivity index (χ0) is 25.5. The Morgan fingerprint density at radius 2 is 1.58 bits per heavy atom. The number of carboxylic acid groups (broad SMARTS) is 1. The summed E-state index contributed by atoms with van der Waals surface area (Å²) in [6.07, 6.45) is 2.85. The molecule has 3 aromatic rings. The molecule has 0 saturated carbocycles. The number of aliphatic imine (C=N–C) groups is 1. The summed E-state index contributed by atoms with van der Waals surface area (Å²) in [6, 6.07) is 23.1. The molecule has 1 heterocycles. The van der Waals surface area contributed by atoms with Gasteiger partial charge in [-0.25, -0.2) is 4.99 Å². The van der Waals surface area contributed by atoms with Crippen LogP contribution in [0.2, 0.25) is 0 Å². The molecular formula is C29H28N2O4S. The van der Waals surface area contributed by atoms with E-state index in [1.165, 1.54) is 17.3 Å². The lowest BCUT2D eigenvalue weighted by molar-refractivity contribution is -0.136. The largest absolute Gasteiger partial charge is 0.489 e. The molecule has 1 fully saturated rings. The summed E-state index contributed by atoms with van der Waals surface area (Å²) in [4.78, 5) is 30.7. The number of benzene rings is 3. The van der Waals surface area contributed by atoms with Crippen LogP contribution in [0.5, 0.6) is 5.75 Å². The highest BCUT2D eigenvalue weighted by atomic mass is 32.2. The van der Waals surface area contributed by atoms with Gasteiger partial charge in [0.25, 0.3) is 5.91 Å². The van der Waals surface area contributed by atoms with E-state index in [1.54, 1.807) is 29.2 Å². The molecule has 36 heavy (non-hydrogen) atoms. The standard InChI is InChI=1S/C29H28N2O4S/c1-3-20-5-7-23(8-6-20)19-35-25-15-11-21(12-16-25)17-26-28(34)31(4-2)29(36-26)30-24-13-9-22(10-14-24)18-27(32)33/h5-17H,3-4,18-19H2,1-2H3,(H,32,33)/b26-17+,30-29?. The minimum absolute atomic E-state index is 0.0338. The Balaban J connectivity index is 1.43. The Labute approximate surface area is 215 Å². The lowest BCUT2D eigenvalue weighted by Gasteiger charge is -2.12. The average Bonchev–Trinajstić information content (AvgIpc) is 3.18. The van der Waals surface area contributed by atoms with Crippen LogP contribution in [0, 0.1) is 0 Å². The Kier molecular flexibility index (Phi) is 8.23. The molecule has 1 saturated heterocycles. The van der Waals surface area contributed by atoms with Gasteiger partial charge < -0.3 is 9.84 Å². The van der Waals surface area contributed by atoms with Crippen LogP contribution in [0.1, 0.15) is 36.1 Å². The number of hydrogen-bond acceptors (Lipinski definition) is 5. The molecule has 1 aliphatic heterocycles. The summed E-state index contributed by atoms with van der Waals surface area (Å²) in [5.41, 5.74) is 4.70. The number of hydrogen-bond donors (Lipinski definition) is 1. The monoisotopic (exact) mass is 500 g/mol. The summed E-state index contributed by atoms with van der Waals surface area (Å²) < 4.78 is 5.91. The molecule has 0 aliphatic carbocycles. The summed E-state index contributed by atoms with van der Waals surface area (Å²) in [7, 11) is 0. The first-order valence-corrected chi connectivity index (χ1v) is 12.7. The lowest BCUT2D eigenvalue weighted by Crippen LogP contribution is -2.28. The molecule has 1 aliphatic rings. The van der Waals surface area contributed by atoms with Crippen LogP contribution in [-0.4, -0.2) is 33.6 Å². The number of thioether (sulfide) groups is 1. The minimum atomic E-state index is -0.876. The Bertz CT molecular complexity index is 1280. The second-order valence-electron chi connectivity index (χ2n) is 8.32. The molecule has 0 bridgehead atoms. The van der Waals surface area contributed by atoms with Crippen LogP contribution >= 0.6 is 11.8 Å². The van der Waals surface area contributed by atoms with Gasteiger partial charge in [-0.2, -0.15) is 0 Å². The van der Waals surface area contributed by atoms with Gasteiger partial charge >= 0.3 is 5.97 Å². The molecule has 6 nitrogen and oxygen atoms in total. The van der Waals surface area contributed by atoms with Gasteiger partial charge in [-0.3, -0.25) is 14.5 Å². The van der Waals surface area contributed by atoms with Crippen molar-refractivity contribution in [1.82, 2.24) is 4.90 Å². The topological polar surface area (TPSA) is 79.2 Å². The number of carboxylic acids is 1. The van der Waals surface area contributed by atoms with Crippen LogP contribution in [0.25, 0.3) is 6.08 Å². The van der Waals surface area contributed by atoms with Gasteiger partial charge in [0.1, 0.15) is 12.4 Å². The van der Waals surface area contributed by atoms with E-state index in [4.69, 9.17) is 9.84 Å². The predicted molar refractivity (Wildman–Crippen MR) is 144 cm³/mol. The fourth-order valence-corrected chi connectivity index (χ4v) is 4.76. The van der Waals surface area contributed by atoms with Crippen LogP contribution in [0.15, 0.2) is 82.7 Å². The van der Waals surface area contributed by atoms with E-state index in [-0.39, 0.29) is 12.3 Å². The van der Waals surface area contributed by atoms with Crippen molar-refractivity contribution in [3.05, 3.63) is 100.0 Å². The number of nitrogens with zero attached hydrogens (tertiary/aromatic N) is 2. The van der Waals surface area contributed by atoms with Crippen molar-refractivity contribution in [2.75, 3.05) is 6.54 Å². The fraction of sp³-hybridized carbons (Fsp3) is 0.207. The number of aryl methyl sites for hydroxylation is 1. The molecule has 1 amide bonds. The zero-order valence-electron chi connectivity index (χ0n) is 20.3. The molecule has 0 spiro atoms. The van der Waals surface area contributed by atoms with Gasteiger partial charge in [0.05, 0.1) is 17.0 Å². The van der Waals surface area contributed by atoms with Crippen molar-refractivity contribution in [2.24, 2.45) is 4.99 Å². The fourth-order valence-electron chi connectivity index (χ4n) is 3.69. The first kappa shape index (κ1) is 25.3. The SMILES string of the molecule is CCc1ccc(COc2ccc(/C=C3/SC(=Nc4ccc(CC(=O)O)cc4)N(CC)C3=O)cc2)cc1. The van der Waals surface area contributed by atoms with Crippen molar-refractivity contribution in [3.8, 4) is 5.75 Å². The van der Waals surface area contributed by atoms with Gasteiger partial charge in [0.15, 0.2) is 5.17 Å². The predicted octanol–water partition coefficient (Wildman–Crippen LogP) is 6.08. The number of carbonyl (C=O) groups excluding carboxylic acids is 1. The van der Waals surface area contributed by atoms with Gasteiger partial charge in [-0.05, 0) is 77.7 Å². The Morgan fingerprint density at radius 1 is 0.944 bits per heavy atom. The van der Waals surface area contributed by atoms with E-state index in [1.807, 2.05) is 37.3 Å². The van der Waals surface area contributed by atoms with Crippen molar-refractivity contribution >= 4 is 40.6 Å². The van der Waals surface area contributed by atoms with Crippen molar-refractivity contribution < 1.29 is 19.4 Å². The third-order valence-electron chi connectivity index (χ3n) is 5.74. The normalized spacial score (nSPS) is 15.6. The van der Waals surface area contributed by atoms with Crippen molar-refractivity contribution in [3.63, 3.8) is 0 Å². The van der Waals surface area contributed by atoms with Gasteiger partial charge in [0.2, 0.25) is 0 Å². The Hall–Kier alpha value is -3.84. The number of likely N-dealkylation sites (N-methyl/N-ethyl adjacent to an activating group) is 1. The Morgan fingerprint density at radius 3 is 2.19 bits per heavy atom. The highest BCUT2D eigenvalue weighted by Crippen LogP contribution is 2.34. The third-order valence-corrected chi connectivity index (χ3v) is 6.74. The molecule has 0 aromatic heterocycles. The van der Waals surface area contributed by atoms with E-state index in [2.05, 4.69) is 36.2 Å². The van der Waals surface area contributed by atoms with E-state index in [9.17, 15) is 9.59 Å². The van der Waals surface area contributed by atoms with Gasteiger partial charge in [-0.15, -0.1) is 0 Å². The molecule has 1 N–H and O–H groups in total. The van der Waals surface area contributed by atoms with Crippen molar-refractivity contribution in [1.29, 1.82) is 0 Å². The summed E-state index contributed by atoms with van der Waals surface area (Å²) in [5, 5.41) is 9.53. The number of amides is 1. The maximum absolute atomic E-state index is 13.0. The molecule has 4 rings (SSSR count). The summed E-state index contributed by atoms with van der Waals surface area (Å²) >= 11 is 1.33. The van der Waals surface area contributed by atoms with Crippen LogP contribution in [-0.2, 0) is 29.0 Å². The first-order valence-electron chi connectivity index (χ1n) is 11.9. The molecule has 184 valence electrons. The van der Waals surface area contributed by atoms with E-state index in [0.717, 1.165) is 23.3 Å².